The highest BCUT2D eigenvalue weighted by atomic mass is 79.9. The van der Waals surface area contributed by atoms with Crippen LogP contribution >= 0.6 is 15.9 Å². The maximum atomic E-state index is 9.21. The summed E-state index contributed by atoms with van der Waals surface area (Å²) in [5, 5.41) is 18.0. The highest BCUT2D eigenvalue weighted by molar-refractivity contribution is 9.10. The topological polar surface area (TPSA) is 53.2 Å². The lowest BCUT2D eigenvalue weighted by molar-refractivity contribution is 0.259. The minimum Gasteiger partial charge on any atom is -0.488 e. The predicted molar refractivity (Wildman–Crippen MR) is 75.6 cm³/mol. The Bertz CT molecular complexity index is 620. The van der Waals surface area contributed by atoms with Gasteiger partial charge in [0.05, 0.1) is 18.2 Å². The number of hydrogen-bond donors (Lipinski definition) is 1. The lowest BCUT2D eigenvalue weighted by Gasteiger charge is -2.11. The highest BCUT2D eigenvalue weighted by Crippen LogP contribution is 2.23. The molecule has 96 valence electrons. The number of rotatable bonds is 4. The molecule has 0 spiro atoms. The number of halogens is 1. The number of nitriles is 1. The van der Waals surface area contributed by atoms with Crippen molar-refractivity contribution in [2.75, 3.05) is 0 Å². The van der Waals surface area contributed by atoms with Crippen LogP contribution in [0.1, 0.15) is 16.7 Å². The van der Waals surface area contributed by atoms with Crippen LogP contribution in [0.4, 0.5) is 0 Å². The normalized spacial score (nSPS) is 9.95. The summed E-state index contributed by atoms with van der Waals surface area (Å²) in [6.45, 7) is 0.327. The molecule has 0 atom stereocenters. The zero-order valence-corrected chi connectivity index (χ0v) is 11.7. The molecule has 19 heavy (non-hydrogen) atoms. The lowest BCUT2D eigenvalue weighted by atomic mass is 10.1. The van der Waals surface area contributed by atoms with Crippen LogP contribution in [-0.4, -0.2) is 5.11 Å². The van der Waals surface area contributed by atoms with Crippen LogP contribution in [0.5, 0.6) is 5.75 Å². The third-order valence-corrected chi connectivity index (χ3v) is 3.45. The van der Waals surface area contributed by atoms with Gasteiger partial charge in [0.15, 0.2) is 0 Å². The summed E-state index contributed by atoms with van der Waals surface area (Å²) in [6.07, 6.45) is 0. The molecule has 2 aromatic rings. The first-order chi connectivity index (χ1) is 9.24. The Morgan fingerprint density at radius 3 is 2.63 bits per heavy atom. The zero-order chi connectivity index (χ0) is 13.7. The van der Waals surface area contributed by atoms with Gasteiger partial charge >= 0.3 is 0 Å². The Balaban J connectivity index is 2.13. The molecule has 3 nitrogen and oxygen atoms in total. The fourth-order valence-corrected chi connectivity index (χ4v) is 2.16. The maximum Gasteiger partial charge on any atom is 0.125 e. The third-order valence-electron chi connectivity index (χ3n) is 2.71. The van der Waals surface area contributed by atoms with Crippen molar-refractivity contribution in [3.05, 3.63) is 63.6 Å². The van der Waals surface area contributed by atoms with Crippen molar-refractivity contribution in [3.63, 3.8) is 0 Å². The largest absolute Gasteiger partial charge is 0.488 e. The van der Waals surface area contributed by atoms with Crippen LogP contribution in [0.2, 0.25) is 0 Å². The zero-order valence-electron chi connectivity index (χ0n) is 10.1. The van der Waals surface area contributed by atoms with Crippen molar-refractivity contribution in [1.82, 2.24) is 0 Å². The molecular formula is C15H12BrNO2. The van der Waals surface area contributed by atoms with Gasteiger partial charge in [-0.15, -0.1) is 0 Å². The van der Waals surface area contributed by atoms with Crippen molar-refractivity contribution < 1.29 is 9.84 Å². The van der Waals surface area contributed by atoms with Gasteiger partial charge in [-0.05, 0) is 18.2 Å². The number of nitrogens with zero attached hydrogens (tertiary/aromatic N) is 1. The summed E-state index contributed by atoms with van der Waals surface area (Å²) >= 11 is 3.42. The fraction of sp³-hybridized carbons (Fsp3) is 0.133. The molecule has 2 aromatic carbocycles. The number of benzene rings is 2. The van der Waals surface area contributed by atoms with Gasteiger partial charge < -0.3 is 9.84 Å². The van der Waals surface area contributed by atoms with E-state index < -0.39 is 0 Å². The second kappa shape index (κ2) is 6.37. The van der Waals surface area contributed by atoms with Gasteiger partial charge in [-0.25, -0.2) is 0 Å². The number of para-hydroxylation sites is 1. The van der Waals surface area contributed by atoms with Gasteiger partial charge in [-0.1, -0.05) is 40.2 Å². The fourth-order valence-electron chi connectivity index (χ4n) is 1.66. The monoisotopic (exact) mass is 317 g/mol. The van der Waals surface area contributed by atoms with Gasteiger partial charge in [0.25, 0.3) is 0 Å². The van der Waals surface area contributed by atoms with Crippen LogP contribution in [0.25, 0.3) is 0 Å². The van der Waals surface area contributed by atoms with Gasteiger partial charge in [0, 0.05) is 15.6 Å². The van der Waals surface area contributed by atoms with E-state index in [-0.39, 0.29) is 6.61 Å². The predicted octanol–water partition coefficient (Wildman–Crippen LogP) is 3.39. The average Bonchev–Trinajstić information content (AvgIpc) is 2.46. The Hall–Kier alpha value is -1.83. The van der Waals surface area contributed by atoms with Crippen LogP contribution in [0.3, 0.4) is 0 Å². The Morgan fingerprint density at radius 2 is 1.95 bits per heavy atom. The molecule has 0 saturated carbocycles. The summed E-state index contributed by atoms with van der Waals surface area (Å²) in [5.74, 6) is 0.668. The van der Waals surface area contributed by atoms with Gasteiger partial charge in [0.1, 0.15) is 12.4 Å². The van der Waals surface area contributed by atoms with Crippen LogP contribution in [-0.2, 0) is 13.2 Å². The number of hydrogen-bond acceptors (Lipinski definition) is 3. The van der Waals surface area contributed by atoms with Crippen molar-refractivity contribution >= 4 is 15.9 Å². The first-order valence-electron chi connectivity index (χ1n) is 5.74. The van der Waals surface area contributed by atoms with Crippen molar-refractivity contribution in [1.29, 1.82) is 5.26 Å². The molecule has 2 rings (SSSR count). The van der Waals surface area contributed by atoms with Gasteiger partial charge in [-0.2, -0.15) is 5.26 Å². The molecule has 1 N–H and O–H groups in total. The summed E-state index contributed by atoms with van der Waals surface area (Å²) in [7, 11) is 0. The molecule has 0 fully saturated rings. The first-order valence-corrected chi connectivity index (χ1v) is 6.54. The van der Waals surface area contributed by atoms with E-state index in [1.165, 1.54) is 0 Å². The van der Waals surface area contributed by atoms with Gasteiger partial charge in [0.2, 0.25) is 0 Å². The van der Waals surface area contributed by atoms with E-state index in [2.05, 4.69) is 22.0 Å². The molecule has 0 amide bonds. The molecule has 0 bridgehead atoms. The van der Waals surface area contributed by atoms with Crippen LogP contribution < -0.4 is 4.74 Å². The van der Waals surface area contributed by atoms with Gasteiger partial charge in [-0.3, -0.25) is 0 Å². The summed E-state index contributed by atoms with van der Waals surface area (Å²) in [5.41, 5.74) is 2.31. The SMILES string of the molecule is N#Cc1ccc(COc2ccccc2CO)c(Br)c1. The van der Waals surface area contributed by atoms with E-state index in [9.17, 15) is 5.11 Å². The van der Waals surface area contributed by atoms with E-state index in [4.69, 9.17) is 10.00 Å². The maximum absolute atomic E-state index is 9.21. The third kappa shape index (κ3) is 3.34. The van der Waals surface area contributed by atoms with E-state index in [0.29, 0.717) is 17.9 Å². The minimum atomic E-state index is -0.0509. The molecule has 4 heteroatoms. The van der Waals surface area contributed by atoms with Crippen LogP contribution in [0, 0.1) is 11.3 Å². The summed E-state index contributed by atoms with van der Waals surface area (Å²) < 4.78 is 6.54. The number of aliphatic hydroxyl groups excluding tert-OH is 1. The highest BCUT2D eigenvalue weighted by Gasteiger charge is 2.05. The van der Waals surface area contributed by atoms with Crippen LogP contribution in [0.15, 0.2) is 46.9 Å². The smallest absolute Gasteiger partial charge is 0.125 e. The molecule has 0 radical (unpaired) electrons. The number of aliphatic hydroxyl groups is 1. The molecule has 0 saturated heterocycles. The Kier molecular flexibility index (Phi) is 4.56. The van der Waals surface area contributed by atoms with E-state index in [1.807, 2.05) is 30.3 Å². The Morgan fingerprint density at radius 1 is 1.16 bits per heavy atom. The average molecular weight is 318 g/mol. The first kappa shape index (κ1) is 13.6. The molecule has 0 heterocycles. The lowest BCUT2D eigenvalue weighted by Crippen LogP contribution is -1.99. The van der Waals surface area contributed by atoms with E-state index >= 15 is 0 Å². The molecule has 0 aromatic heterocycles. The summed E-state index contributed by atoms with van der Waals surface area (Å²) in [6, 6.07) is 14.8. The summed E-state index contributed by atoms with van der Waals surface area (Å²) in [4.78, 5) is 0. The van der Waals surface area contributed by atoms with Crippen molar-refractivity contribution in [2.24, 2.45) is 0 Å². The second-order valence-corrected chi connectivity index (χ2v) is 4.83. The minimum absolute atomic E-state index is 0.0509. The van der Waals surface area contributed by atoms with Crippen molar-refractivity contribution in [2.45, 2.75) is 13.2 Å². The molecule has 0 aliphatic carbocycles. The molecular weight excluding hydrogens is 306 g/mol. The standard InChI is InChI=1S/C15H12BrNO2/c16-14-7-11(8-17)5-6-13(14)10-19-15-4-2-1-3-12(15)9-18/h1-7,18H,9-10H2. The van der Waals surface area contributed by atoms with E-state index in [0.717, 1.165) is 15.6 Å². The van der Waals surface area contributed by atoms with Crippen molar-refractivity contribution in [3.8, 4) is 11.8 Å². The Labute approximate surface area is 120 Å². The quantitative estimate of drug-likeness (QED) is 0.940. The second-order valence-electron chi connectivity index (χ2n) is 3.97. The number of ether oxygens (including phenoxy) is 1. The molecule has 0 aliphatic heterocycles. The molecule has 0 unspecified atom stereocenters. The van der Waals surface area contributed by atoms with E-state index in [1.54, 1.807) is 12.1 Å². The molecule has 0 aliphatic rings.